The highest BCUT2D eigenvalue weighted by atomic mass is 16.5. The molecule has 1 amide bonds. The first kappa shape index (κ1) is 18.4. The first-order chi connectivity index (χ1) is 10.5. The number of benzene rings is 1. The SMILES string of the molecule is COCC(O)CN(C)CC(=O)N(C)Cc1ccccc1OC. The Balaban J connectivity index is 2.51. The van der Waals surface area contributed by atoms with Gasteiger partial charge in [0, 0.05) is 32.8 Å². The fourth-order valence-corrected chi connectivity index (χ4v) is 2.20. The number of carbonyl (C=O) groups is 1. The van der Waals surface area contributed by atoms with E-state index in [-0.39, 0.29) is 19.1 Å². The van der Waals surface area contributed by atoms with Gasteiger partial charge in [-0.15, -0.1) is 0 Å². The monoisotopic (exact) mass is 310 g/mol. The number of likely N-dealkylation sites (N-methyl/N-ethyl adjacent to an activating group) is 2. The molecular formula is C16H26N2O4. The second-order valence-corrected chi connectivity index (χ2v) is 5.37. The van der Waals surface area contributed by atoms with E-state index in [2.05, 4.69) is 0 Å². The molecule has 0 aliphatic heterocycles. The van der Waals surface area contributed by atoms with Gasteiger partial charge in [-0.1, -0.05) is 18.2 Å². The Morgan fingerprint density at radius 1 is 1.27 bits per heavy atom. The molecule has 1 aromatic carbocycles. The molecule has 22 heavy (non-hydrogen) atoms. The summed E-state index contributed by atoms with van der Waals surface area (Å²) >= 11 is 0. The van der Waals surface area contributed by atoms with Gasteiger partial charge in [0.25, 0.3) is 0 Å². The Morgan fingerprint density at radius 3 is 2.59 bits per heavy atom. The van der Waals surface area contributed by atoms with Gasteiger partial charge in [0.1, 0.15) is 5.75 Å². The minimum absolute atomic E-state index is 0.0157. The molecule has 0 spiro atoms. The average molecular weight is 310 g/mol. The summed E-state index contributed by atoms with van der Waals surface area (Å²) in [7, 11) is 6.71. The van der Waals surface area contributed by atoms with Gasteiger partial charge < -0.3 is 19.5 Å². The van der Waals surface area contributed by atoms with E-state index in [1.54, 1.807) is 31.0 Å². The third kappa shape index (κ3) is 6.01. The summed E-state index contributed by atoms with van der Waals surface area (Å²) in [6.45, 7) is 1.38. The van der Waals surface area contributed by atoms with Crippen LogP contribution in [0.4, 0.5) is 0 Å². The molecule has 1 unspecified atom stereocenters. The average Bonchev–Trinajstić information content (AvgIpc) is 2.47. The minimum Gasteiger partial charge on any atom is -0.496 e. The van der Waals surface area contributed by atoms with E-state index >= 15 is 0 Å². The van der Waals surface area contributed by atoms with Crippen LogP contribution in [0.1, 0.15) is 5.56 Å². The van der Waals surface area contributed by atoms with Crippen LogP contribution in [-0.2, 0) is 16.1 Å². The molecule has 0 saturated carbocycles. The van der Waals surface area contributed by atoms with Crippen molar-refractivity contribution in [3.63, 3.8) is 0 Å². The maximum Gasteiger partial charge on any atom is 0.236 e. The quantitative estimate of drug-likeness (QED) is 0.723. The normalized spacial score (nSPS) is 12.3. The van der Waals surface area contributed by atoms with Crippen molar-refractivity contribution in [3.05, 3.63) is 29.8 Å². The number of methoxy groups -OCH3 is 2. The smallest absolute Gasteiger partial charge is 0.236 e. The van der Waals surface area contributed by atoms with Crippen LogP contribution >= 0.6 is 0 Å². The molecule has 0 saturated heterocycles. The molecule has 6 nitrogen and oxygen atoms in total. The Hall–Kier alpha value is -1.63. The minimum atomic E-state index is -0.595. The number of aliphatic hydroxyl groups excluding tert-OH is 1. The summed E-state index contributed by atoms with van der Waals surface area (Å²) in [6.07, 6.45) is -0.595. The molecule has 124 valence electrons. The molecule has 0 aromatic heterocycles. The summed E-state index contributed by atoms with van der Waals surface area (Å²) in [5.74, 6) is 0.754. The highest BCUT2D eigenvalue weighted by Gasteiger charge is 2.15. The molecule has 0 aliphatic carbocycles. The van der Waals surface area contributed by atoms with Crippen molar-refractivity contribution in [2.75, 3.05) is 48.0 Å². The molecule has 0 aliphatic rings. The van der Waals surface area contributed by atoms with Crippen molar-refractivity contribution < 1.29 is 19.4 Å². The van der Waals surface area contributed by atoms with Gasteiger partial charge in [-0.25, -0.2) is 0 Å². The maximum atomic E-state index is 12.2. The van der Waals surface area contributed by atoms with Crippen LogP contribution in [0.3, 0.4) is 0 Å². The molecule has 6 heteroatoms. The second kappa shape index (κ2) is 9.40. The largest absolute Gasteiger partial charge is 0.496 e. The molecule has 1 atom stereocenters. The molecular weight excluding hydrogens is 284 g/mol. The van der Waals surface area contributed by atoms with E-state index in [0.29, 0.717) is 13.1 Å². The van der Waals surface area contributed by atoms with Crippen LogP contribution < -0.4 is 4.74 Å². The van der Waals surface area contributed by atoms with Crippen molar-refractivity contribution in [1.29, 1.82) is 0 Å². The van der Waals surface area contributed by atoms with E-state index in [1.165, 1.54) is 7.11 Å². The molecule has 0 fully saturated rings. The summed E-state index contributed by atoms with van der Waals surface area (Å²) in [5, 5.41) is 9.67. The van der Waals surface area contributed by atoms with Crippen LogP contribution in [0.2, 0.25) is 0 Å². The number of para-hydroxylation sites is 1. The maximum absolute atomic E-state index is 12.2. The van der Waals surface area contributed by atoms with Crippen molar-refractivity contribution >= 4 is 5.91 Å². The van der Waals surface area contributed by atoms with Gasteiger partial charge in [0.05, 0.1) is 26.4 Å². The number of aliphatic hydroxyl groups is 1. The van der Waals surface area contributed by atoms with Crippen LogP contribution in [0, 0.1) is 0 Å². The Morgan fingerprint density at radius 2 is 1.95 bits per heavy atom. The third-order valence-corrected chi connectivity index (χ3v) is 3.31. The van der Waals surface area contributed by atoms with E-state index in [0.717, 1.165) is 11.3 Å². The highest BCUT2D eigenvalue weighted by Crippen LogP contribution is 2.18. The highest BCUT2D eigenvalue weighted by molar-refractivity contribution is 5.78. The first-order valence-electron chi connectivity index (χ1n) is 7.19. The van der Waals surface area contributed by atoms with E-state index in [4.69, 9.17) is 9.47 Å². The summed E-state index contributed by atoms with van der Waals surface area (Å²) < 4.78 is 10.2. The molecule has 0 radical (unpaired) electrons. The standard InChI is InChI=1S/C16H26N2O4/c1-17(10-14(19)12-21-3)11-16(20)18(2)9-13-7-5-6-8-15(13)22-4/h5-8,14,19H,9-12H2,1-4H3. The lowest BCUT2D eigenvalue weighted by molar-refractivity contribution is -0.131. The van der Waals surface area contributed by atoms with Crippen LogP contribution in [0.5, 0.6) is 5.75 Å². The molecule has 1 N–H and O–H groups in total. The number of hydrogen-bond acceptors (Lipinski definition) is 5. The zero-order chi connectivity index (χ0) is 16.5. The van der Waals surface area contributed by atoms with E-state index < -0.39 is 6.10 Å². The second-order valence-electron chi connectivity index (χ2n) is 5.37. The van der Waals surface area contributed by atoms with Gasteiger partial charge in [0.15, 0.2) is 0 Å². The predicted octanol–water partition coefficient (Wildman–Crippen LogP) is 0.593. The lowest BCUT2D eigenvalue weighted by Gasteiger charge is -2.24. The van der Waals surface area contributed by atoms with Gasteiger partial charge in [-0.3, -0.25) is 9.69 Å². The summed E-state index contributed by atoms with van der Waals surface area (Å²) in [5.41, 5.74) is 0.961. The molecule has 1 rings (SSSR count). The molecule has 0 heterocycles. The fraction of sp³-hybridized carbons (Fsp3) is 0.562. The van der Waals surface area contributed by atoms with Gasteiger partial charge in [-0.2, -0.15) is 0 Å². The number of ether oxygens (including phenoxy) is 2. The topological polar surface area (TPSA) is 62.2 Å². The van der Waals surface area contributed by atoms with Crippen molar-refractivity contribution in [2.24, 2.45) is 0 Å². The van der Waals surface area contributed by atoms with E-state index in [1.807, 2.05) is 24.3 Å². The number of carbonyl (C=O) groups excluding carboxylic acids is 1. The van der Waals surface area contributed by atoms with Gasteiger partial charge >= 0.3 is 0 Å². The van der Waals surface area contributed by atoms with Crippen LogP contribution in [0.25, 0.3) is 0 Å². The number of amides is 1. The summed E-state index contributed by atoms with van der Waals surface area (Å²) in [6, 6.07) is 7.63. The Bertz CT molecular complexity index is 467. The van der Waals surface area contributed by atoms with E-state index in [9.17, 15) is 9.90 Å². The van der Waals surface area contributed by atoms with Crippen LogP contribution in [-0.4, -0.2) is 74.9 Å². The zero-order valence-corrected chi connectivity index (χ0v) is 13.8. The third-order valence-electron chi connectivity index (χ3n) is 3.31. The molecule has 1 aromatic rings. The summed E-state index contributed by atoms with van der Waals surface area (Å²) in [4.78, 5) is 15.7. The van der Waals surface area contributed by atoms with Crippen LogP contribution in [0.15, 0.2) is 24.3 Å². The van der Waals surface area contributed by atoms with Crippen molar-refractivity contribution in [2.45, 2.75) is 12.6 Å². The van der Waals surface area contributed by atoms with Gasteiger partial charge in [-0.05, 0) is 13.1 Å². The van der Waals surface area contributed by atoms with Crippen molar-refractivity contribution in [3.8, 4) is 5.75 Å². The molecule has 0 bridgehead atoms. The first-order valence-corrected chi connectivity index (χ1v) is 7.19. The number of nitrogens with zero attached hydrogens (tertiary/aromatic N) is 2. The number of hydrogen-bond donors (Lipinski definition) is 1. The van der Waals surface area contributed by atoms with Gasteiger partial charge in [0.2, 0.25) is 5.91 Å². The Kier molecular flexibility index (Phi) is 7.87. The number of rotatable bonds is 9. The predicted molar refractivity (Wildman–Crippen MR) is 84.8 cm³/mol. The lowest BCUT2D eigenvalue weighted by Crippen LogP contribution is -2.40. The fourth-order valence-electron chi connectivity index (χ4n) is 2.20. The van der Waals surface area contributed by atoms with Crippen molar-refractivity contribution in [1.82, 2.24) is 9.80 Å². The lowest BCUT2D eigenvalue weighted by atomic mass is 10.2. The zero-order valence-electron chi connectivity index (χ0n) is 13.8. The Labute approximate surface area is 132 Å².